The van der Waals surface area contributed by atoms with Gasteiger partial charge in [0, 0.05) is 23.7 Å². The predicted octanol–water partition coefficient (Wildman–Crippen LogP) is 2.81. The van der Waals surface area contributed by atoms with E-state index in [-0.39, 0.29) is 28.8 Å². The molecule has 4 aliphatic carbocycles. The van der Waals surface area contributed by atoms with E-state index >= 15 is 0 Å². The van der Waals surface area contributed by atoms with E-state index in [0.717, 1.165) is 32.1 Å². The fourth-order valence-corrected chi connectivity index (χ4v) is 7.97. The van der Waals surface area contributed by atoms with Crippen molar-refractivity contribution in [1.82, 2.24) is 0 Å². The molecule has 0 aromatic carbocycles. The highest BCUT2D eigenvalue weighted by molar-refractivity contribution is 7.85. The molecule has 0 aromatic heterocycles. The molecule has 138 valence electrons. The van der Waals surface area contributed by atoms with Crippen molar-refractivity contribution in [3.05, 3.63) is 12.2 Å². The Hall–Kier alpha value is -1.01. The van der Waals surface area contributed by atoms with Gasteiger partial charge in [-0.05, 0) is 61.9 Å². The molecule has 0 bridgehead atoms. The lowest BCUT2D eigenvalue weighted by atomic mass is 9.46. The summed E-state index contributed by atoms with van der Waals surface area (Å²) in [6.45, 7) is 2.09. The Balaban J connectivity index is 1.77. The summed E-state index contributed by atoms with van der Waals surface area (Å²) in [6.07, 6.45) is 8.57. The van der Waals surface area contributed by atoms with Gasteiger partial charge in [-0.15, -0.1) is 0 Å². The minimum atomic E-state index is -4.15. The third-order valence-corrected chi connectivity index (χ3v) is 8.77. The number of ketones is 2. The van der Waals surface area contributed by atoms with Crippen molar-refractivity contribution >= 4 is 21.7 Å². The Bertz CT molecular complexity index is 754. The van der Waals surface area contributed by atoms with Gasteiger partial charge in [0.15, 0.2) is 5.78 Å². The second-order valence-electron chi connectivity index (χ2n) is 8.91. The zero-order chi connectivity index (χ0) is 18.0. The lowest BCUT2D eigenvalue weighted by molar-refractivity contribution is -0.135. The molecule has 0 amide bonds. The van der Waals surface area contributed by atoms with Gasteiger partial charge in [0.2, 0.25) is 0 Å². The molecule has 4 rings (SSSR count). The maximum absolute atomic E-state index is 12.4. The summed E-state index contributed by atoms with van der Waals surface area (Å²) in [5, 5.41) is 0. The molecule has 0 aliphatic heterocycles. The van der Waals surface area contributed by atoms with Gasteiger partial charge in [-0.2, -0.15) is 8.42 Å². The highest BCUT2D eigenvalue weighted by Gasteiger charge is 2.61. The van der Waals surface area contributed by atoms with Gasteiger partial charge in [-0.1, -0.05) is 13.0 Å². The van der Waals surface area contributed by atoms with Crippen molar-refractivity contribution in [1.29, 1.82) is 0 Å². The molecule has 3 fully saturated rings. The summed E-state index contributed by atoms with van der Waals surface area (Å²) >= 11 is 0. The van der Waals surface area contributed by atoms with Crippen molar-refractivity contribution in [3.8, 4) is 0 Å². The Morgan fingerprint density at radius 1 is 1.16 bits per heavy atom. The second kappa shape index (κ2) is 5.49. The largest absolute Gasteiger partial charge is 0.299 e. The summed E-state index contributed by atoms with van der Waals surface area (Å²) in [5.74, 6) is 0.830. The Kier molecular flexibility index (Phi) is 3.82. The quantitative estimate of drug-likeness (QED) is 0.759. The maximum Gasteiger partial charge on any atom is 0.265 e. The van der Waals surface area contributed by atoms with Crippen LogP contribution in [0.5, 0.6) is 0 Å². The van der Waals surface area contributed by atoms with Crippen LogP contribution in [0.3, 0.4) is 0 Å². The molecular weight excluding hydrogens is 340 g/mol. The van der Waals surface area contributed by atoms with Crippen LogP contribution in [0.1, 0.15) is 51.9 Å². The van der Waals surface area contributed by atoms with Gasteiger partial charge < -0.3 is 0 Å². The van der Waals surface area contributed by atoms with Crippen LogP contribution >= 0.6 is 0 Å². The van der Waals surface area contributed by atoms with Gasteiger partial charge in [-0.25, -0.2) is 0 Å². The lowest BCUT2D eigenvalue weighted by Crippen LogP contribution is -2.55. The molecule has 1 unspecified atom stereocenters. The first kappa shape index (κ1) is 17.4. The molecule has 1 N–H and O–H groups in total. The van der Waals surface area contributed by atoms with E-state index in [2.05, 4.69) is 6.92 Å². The van der Waals surface area contributed by atoms with Crippen LogP contribution in [-0.4, -0.2) is 30.3 Å². The molecule has 25 heavy (non-hydrogen) atoms. The normalized spacial score (nSPS) is 46.5. The van der Waals surface area contributed by atoms with E-state index in [4.69, 9.17) is 0 Å². The molecule has 0 radical (unpaired) electrons. The first-order valence-electron chi connectivity index (χ1n) is 9.36. The number of hydrogen-bond donors (Lipinski definition) is 1. The Morgan fingerprint density at radius 3 is 2.64 bits per heavy atom. The van der Waals surface area contributed by atoms with E-state index in [1.54, 1.807) is 6.08 Å². The van der Waals surface area contributed by atoms with Crippen LogP contribution in [0.4, 0.5) is 0 Å². The number of hydrogen-bond acceptors (Lipinski definition) is 4. The smallest absolute Gasteiger partial charge is 0.265 e. The molecular formula is C19H26O5S. The number of allylic oxidation sites excluding steroid dienone is 2. The maximum atomic E-state index is 12.4. The molecule has 6 heteroatoms. The van der Waals surface area contributed by atoms with Gasteiger partial charge >= 0.3 is 0 Å². The standard InChI is InChI=1S/C19H26O5S/c1-18-8-7-16-14(15(18)4-5-17(18)21)3-2-12-10-13(20)6-9-19(12,16)11-25(22,23)24/h6,9,12,14-16H,2-5,7-8,10-11H2,1H3,(H,22,23,24)/t12?,14-,15-,16-,18-,19+/m0/s1. The summed E-state index contributed by atoms with van der Waals surface area (Å²) in [5.41, 5.74) is -0.918. The van der Waals surface area contributed by atoms with Crippen molar-refractivity contribution < 1.29 is 22.6 Å². The minimum Gasteiger partial charge on any atom is -0.299 e. The fourth-order valence-electron chi connectivity index (χ4n) is 6.79. The fraction of sp³-hybridized carbons (Fsp3) is 0.789. The number of carbonyl (C=O) groups is 2. The van der Waals surface area contributed by atoms with Crippen LogP contribution < -0.4 is 0 Å². The monoisotopic (exact) mass is 366 g/mol. The first-order chi connectivity index (χ1) is 11.7. The average Bonchev–Trinajstić information content (AvgIpc) is 2.82. The van der Waals surface area contributed by atoms with Crippen molar-refractivity contribution in [2.75, 3.05) is 5.75 Å². The van der Waals surface area contributed by atoms with Crippen molar-refractivity contribution in [2.45, 2.75) is 51.9 Å². The van der Waals surface area contributed by atoms with Crippen LogP contribution in [-0.2, 0) is 19.7 Å². The third-order valence-electron chi connectivity index (χ3n) is 7.90. The molecule has 0 heterocycles. The molecule has 5 nitrogen and oxygen atoms in total. The van der Waals surface area contributed by atoms with E-state index in [9.17, 15) is 22.6 Å². The predicted molar refractivity (Wildman–Crippen MR) is 92.4 cm³/mol. The summed E-state index contributed by atoms with van der Waals surface area (Å²) < 4.78 is 33.3. The zero-order valence-electron chi connectivity index (χ0n) is 14.6. The van der Waals surface area contributed by atoms with Crippen LogP contribution in [0, 0.1) is 34.5 Å². The number of carbonyl (C=O) groups excluding carboxylic acids is 2. The number of fused-ring (bicyclic) bond motifs is 5. The third kappa shape index (κ3) is 2.55. The summed E-state index contributed by atoms with van der Waals surface area (Å²) in [6, 6.07) is 0. The van der Waals surface area contributed by atoms with Gasteiger partial charge in [-0.3, -0.25) is 14.1 Å². The molecule has 0 spiro atoms. The molecule has 0 aromatic rings. The summed E-state index contributed by atoms with van der Waals surface area (Å²) in [7, 11) is -4.15. The molecule has 3 saturated carbocycles. The van der Waals surface area contributed by atoms with E-state index in [1.165, 1.54) is 6.08 Å². The first-order valence-corrected chi connectivity index (χ1v) is 11.0. The van der Waals surface area contributed by atoms with Gasteiger partial charge in [0.25, 0.3) is 10.1 Å². The van der Waals surface area contributed by atoms with Crippen LogP contribution in [0.2, 0.25) is 0 Å². The van der Waals surface area contributed by atoms with Gasteiger partial charge in [0.1, 0.15) is 5.78 Å². The summed E-state index contributed by atoms with van der Waals surface area (Å²) in [4.78, 5) is 24.4. The highest BCUT2D eigenvalue weighted by Crippen LogP contribution is 2.64. The molecule has 4 aliphatic rings. The van der Waals surface area contributed by atoms with E-state index < -0.39 is 15.5 Å². The Labute approximate surface area is 149 Å². The number of rotatable bonds is 2. The zero-order valence-corrected chi connectivity index (χ0v) is 15.4. The Morgan fingerprint density at radius 2 is 1.92 bits per heavy atom. The average molecular weight is 366 g/mol. The topological polar surface area (TPSA) is 88.5 Å². The highest BCUT2D eigenvalue weighted by atomic mass is 32.2. The van der Waals surface area contributed by atoms with Crippen LogP contribution in [0.15, 0.2) is 12.2 Å². The van der Waals surface area contributed by atoms with Crippen LogP contribution in [0.25, 0.3) is 0 Å². The lowest BCUT2D eigenvalue weighted by Gasteiger charge is -2.58. The number of Topliss-reactive ketones (excluding diaryl/α,β-unsaturated/α-hetero) is 1. The van der Waals surface area contributed by atoms with Gasteiger partial charge in [0.05, 0.1) is 5.75 Å². The minimum absolute atomic E-state index is 0.0189. The molecule has 0 saturated heterocycles. The molecule has 6 atom stereocenters. The SMILES string of the molecule is C[C@]12CC[C@H]3[C@@H](CCC4CC(=O)C=C[C@@]43CS(=O)(=O)O)[C@@H]1CCC2=O. The van der Waals surface area contributed by atoms with Crippen molar-refractivity contribution in [3.63, 3.8) is 0 Å². The van der Waals surface area contributed by atoms with E-state index in [1.807, 2.05) is 0 Å². The second-order valence-corrected chi connectivity index (χ2v) is 10.4. The van der Waals surface area contributed by atoms with E-state index in [0.29, 0.717) is 30.5 Å². The van der Waals surface area contributed by atoms with Crippen molar-refractivity contribution in [2.24, 2.45) is 34.5 Å².